The van der Waals surface area contributed by atoms with E-state index in [1.807, 2.05) is 12.1 Å². The van der Waals surface area contributed by atoms with Crippen molar-refractivity contribution in [3.63, 3.8) is 0 Å². The van der Waals surface area contributed by atoms with Crippen LogP contribution >= 0.6 is 0 Å². The Labute approximate surface area is 147 Å². The van der Waals surface area contributed by atoms with E-state index in [0.29, 0.717) is 5.69 Å². The maximum Gasteiger partial charge on any atom is 0.166 e. The Morgan fingerprint density at radius 3 is 2.21 bits per heavy atom. The summed E-state index contributed by atoms with van der Waals surface area (Å²) in [5.74, 6) is 0. The fourth-order valence-electron chi connectivity index (χ4n) is 2.61. The molecule has 2 nitrogen and oxygen atoms in total. The first-order chi connectivity index (χ1) is 11.9. The van der Waals surface area contributed by atoms with Gasteiger partial charge in [0.2, 0.25) is 0 Å². The largest absolute Gasteiger partial charge is 0.356 e. The zero-order valence-corrected chi connectivity index (χ0v) is 15.2. The summed E-state index contributed by atoms with van der Waals surface area (Å²) in [6, 6.07) is 3.87. The molecule has 0 bridgehead atoms. The summed E-state index contributed by atoms with van der Waals surface area (Å²) in [6.45, 7) is 2.16. The quantitative estimate of drug-likeness (QED) is 0.234. The number of rotatable bonds is 14. The van der Waals surface area contributed by atoms with Crippen LogP contribution in [0.4, 0.5) is 0 Å². The molecule has 2 heteroatoms. The number of aromatic nitrogens is 1. The van der Waals surface area contributed by atoms with Crippen LogP contribution in [0.3, 0.4) is 0 Å². The predicted molar refractivity (Wildman–Crippen MR) is 105 cm³/mol. The summed E-state index contributed by atoms with van der Waals surface area (Å²) in [6.07, 6.45) is 26.2. The maximum absolute atomic E-state index is 10.6. The third-order valence-corrected chi connectivity index (χ3v) is 3.99. The molecule has 0 amide bonds. The third-order valence-electron chi connectivity index (χ3n) is 3.99. The molecular weight excluding hydrogens is 294 g/mol. The minimum absolute atomic E-state index is 0.684. The van der Waals surface area contributed by atoms with E-state index < -0.39 is 0 Å². The molecule has 0 aliphatic heterocycles. The molecule has 0 aliphatic rings. The summed E-state index contributed by atoms with van der Waals surface area (Å²) in [5, 5.41) is 0. The topological polar surface area (TPSA) is 32.9 Å². The van der Waals surface area contributed by atoms with E-state index in [1.54, 1.807) is 0 Å². The van der Waals surface area contributed by atoms with Crippen molar-refractivity contribution < 1.29 is 4.79 Å². The van der Waals surface area contributed by atoms with Gasteiger partial charge in [-0.3, -0.25) is 4.79 Å². The van der Waals surface area contributed by atoms with Gasteiger partial charge in [-0.1, -0.05) is 62.6 Å². The molecule has 24 heavy (non-hydrogen) atoms. The zero-order chi connectivity index (χ0) is 17.3. The summed E-state index contributed by atoms with van der Waals surface area (Å²) in [7, 11) is 0. The van der Waals surface area contributed by atoms with Crippen LogP contribution in [0.2, 0.25) is 0 Å². The van der Waals surface area contributed by atoms with Crippen LogP contribution in [0.25, 0.3) is 0 Å². The van der Waals surface area contributed by atoms with Gasteiger partial charge in [-0.15, -0.1) is 0 Å². The Morgan fingerprint density at radius 2 is 1.50 bits per heavy atom. The monoisotopic (exact) mass is 327 g/mol. The second-order valence-corrected chi connectivity index (χ2v) is 6.16. The number of unbranched alkanes of at least 4 members (excludes halogenated alkanes) is 5. The molecule has 0 saturated heterocycles. The smallest absolute Gasteiger partial charge is 0.166 e. The molecule has 0 fully saturated rings. The molecule has 0 aliphatic carbocycles. The molecule has 1 N–H and O–H groups in total. The minimum Gasteiger partial charge on any atom is -0.356 e. The average molecular weight is 328 g/mol. The molecular formula is C22H33NO. The first-order valence-corrected chi connectivity index (χ1v) is 9.45. The van der Waals surface area contributed by atoms with Gasteiger partial charge in [-0.05, 0) is 57.1 Å². The molecule has 0 radical (unpaired) electrons. The maximum atomic E-state index is 10.6. The van der Waals surface area contributed by atoms with Crippen LogP contribution in [-0.2, 0) is 6.42 Å². The van der Waals surface area contributed by atoms with Gasteiger partial charge < -0.3 is 4.98 Å². The lowest BCUT2D eigenvalue weighted by Crippen LogP contribution is -1.87. The molecule has 132 valence electrons. The number of hydrogen-bond acceptors (Lipinski definition) is 1. The Morgan fingerprint density at radius 1 is 0.833 bits per heavy atom. The molecule has 0 aromatic carbocycles. The van der Waals surface area contributed by atoms with Gasteiger partial charge >= 0.3 is 0 Å². The molecule has 0 spiro atoms. The normalized spacial score (nSPS) is 12.0. The van der Waals surface area contributed by atoms with E-state index in [4.69, 9.17) is 0 Å². The molecule has 1 rings (SSSR count). The second kappa shape index (κ2) is 14.7. The zero-order valence-electron chi connectivity index (χ0n) is 15.2. The van der Waals surface area contributed by atoms with Crippen LogP contribution in [-0.4, -0.2) is 11.3 Å². The number of aldehydes is 1. The van der Waals surface area contributed by atoms with Crippen molar-refractivity contribution in [2.75, 3.05) is 0 Å². The van der Waals surface area contributed by atoms with Crippen molar-refractivity contribution in [3.8, 4) is 0 Å². The number of allylic oxidation sites excluding steroid dienone is 6. The molecule has 0 unspecified atom stereocenters. The van der Waals surface area contributed by atoms with Crippen molar-refractivity contribution >= 4 is 6.29 Å². The van der Waals surface area contributed by atoms with Crippen LogP contribution in [0.1, 0.15) is 80.9 Å². The highest BCUT2D eigenvalue weighted by Gasteiger charge is 1.97. The highest BCUT2D eigenvalue weighted by Crippen LogP contribution is 2.10. The van der Waals surface area contributed by atoms with Gasteiger partial charge in [-0.25, -0.2) is 0 Å². The standard InChI is InChI=1S/C22H33NO/c1-2-3-4-5-6-7-8-9-10-11-12-13-14-15-16-17-21-18-19-22(20-24)23-21/h3-4,6-7,9-10,18-20,23H,2,5,8,11-17H2,1H3. The van der Waals surface area contributed by atoms with Crippen LogP contribution in [0.5, 0.6) is 0 Å². The fourth-order valence-corrected chi connectivity index (χ4v) is 2.61. The number of carbonyl (C=O) groups is 1. The number of H-pyrrole nitrogens is 1. The van der Waals surface area contributed by atoms with Gasteiger partial charge in [0.15, 0.2) is 6.29 Å². The Bertz CT molecular complexity index is 508. The van der Waals surface area contributed by atoms with Gasteiger partial charge in [0.1, 0.15) is 0 Å². The first kappa shape index (κ1) is 20.2. The minimum atomic E-state index is 0.684. The number of aryl methyl sites for hydroxylation is 1. The van der Waals surface area contributed by atoms with Gasteiger partial charge in [-0.2, -0.15) is 0 Å². The fraction of sp³-hybridized carbons (Fsp3) is 0.500. The van der Waals surface area contributed by atoms with Crippen LogP contribution < -0.4 is 0 Å². The number of nitrogens with one attached hydrogen (secondary N) is 1. The van der Waals surface area contributed by atoms with Crippen molar-refractivity contribution in [2.24, 2.45) is 0 Å². The molecule has 0 atom stereocenters. The SMILES string of the molecule is CCC=CCC=CCC=CCCCCCCCc1ccc(C=O)[nH]1. The van der Waals surface area contributed by atoms with Gasteiger partial charge in [0.05, 0.1) is 5.69 Å². The highest BCUT2D eigenvalue weighted by atomic mass is 16.1. The number of carbonyl (C=O) groups excluding carboxylic acids is 1. The molecule has 0 saturated carbocycles. The van der Waals surface area contributed by atoms with Crippen molar-refractivity contribution in [1.82, 2.24) is 4.98 Å². The van der Waals surface area contributed by atoms with E-state index in [9.17, 15) is 4.79 Å². The Kier molecular flexibility index (Phi) is 12.4. The predicted octanol–water partition coefficient (Wildman–Crippen LogP) is 6.57. The summed E-state index contributed by atoms with van der Waals surface area (Å²) >= 11 is 0. The summed E-state index contributed by atoms with van der Waals surface area (Å²) < 4.78 is 0. The second-order valence-electron chi connectivity index (χ2n) is 6.16. The Balaban J connectivity index is 1.88. The summed E-state index contributed by atoms with van der Waals surface area (Å²) in [5.41, 5.74) is 1.86. The third kappa shape index (κ3) is 10.8. The van der Waals surface area contributed by atoms with E-state index in [2.05, 4.69) is 48.4 Å². The molecule has 1 heterocycles. The van der Waals surface area contributed by atoms with Crippen molar-refractivity contribution in [1.29, 1.82) is 0 Å². The van der Waals surface area contributed by atoms with Gasteiger partial charge in [0, 0.05) is 5.69 Å². The summed E-state index contributed by atoms with van der Waals surface area (Å²) in [4.78, 5) is 13.7. The van der Waals surface area contributed by atoms with E-state index in [-0.39, 0.29) is 0 Å². The first-order valence-electron chi connectivity index (χ1n) is 9.45. The lowest BCUT2D eigenvalue weighted by molar-refractivity contribution is 0.111. The Hall–Kier alpha value is -1.83. The van der Waals surface area contributed by atoms with E-state index >= 15 is 0 Å². The van der Waals surface area contributed by atoms with Crippen molar-refractivity contribution in [2.45, 2.75) is 71.1 Å². The van der Waals surface area contributed by atoms with Crippen molar-refractivity contribution in [3.05, 3.63) is 60.0 Å². The molecule has 1 aromatic heterocycles. The molecule has 1 aromatic rings. The highest BCUT2D eigenvalue weighted by molar-refractivity contribution is 5.71. The van der Waals surface area contributed by atoms with E-state index in [0.717, 1.165) is 32.0 Å². The van der Waals surface area contributed by atoms with Gasteiger partial charge in [0.25, 0.3) is 0 Å². The van der Waals surface area contributed by atoms with E-state index in [1.165, 1.54) is 44.2 Å². The average Bonchev–Trinajstić information content (AvgIpc) is 3.06. The van der Waals surface area contributed by atoms with Crippen LogP contribution in [0.15, 0.2) is 48.6 Å². The number of aromatic amines is 1. The lowest BCUT2D eigenvalue weighted by Gasteiger charge is -2.00. The lowest BCUT2D eigenvalue weighted by atomic mass is 10.1. The van der Waals surface area contributed by atoms with Crippen LogP contribution in [0, 0.1) is 0 Å². The number of hydrogen-bond donors (Lipinski definition) is 1.